The number of carboxylic acids is 1. The molecule has 0 aliphatic heterocycles. The highest BCUT2D eigenvalue weighted by atomic mass is 19.1. The Hall–Kier alpha value is -2.17. The Bertz CT molecular complexity index is 663. The zero-order chi connectivity index (χ0) is 13.4. The van der Waals surface area contributed by atoms with Gasteiger partial charge in [-0.3, -0.25) is 4.79 Å². The average molecular weight is 260 g/mol. The van der Waals surface area contributed by atoms with E-state index in [4.69, 9.17) is 0 Å². The van der Waals surface area contributed by atoms with E-state index in [1.54, 1.807) is 6.07 Å². The number of aromatic nitrogens is 2. The number of hydrogen-bond acceptors (Lipinski definition) is 2. The number of benzene rings is 1. The molecule has 1 aliphatic rings. The number of hydrogen-bond donors (Lipinski definition) is 2. The van der Waals surface area contributed by atoms with Gasteiger partial charge in [0.05, 0.1) is 17.0 Å². The second-order valence-corrected chi connectivity index (χ2v) is 4.78. The third kappa shape index (κ3) is 2.12. The van der Waals surface area contributed by atoms with Crippen molar-refractivity contribution in [3.8, 4) is 0 Å². The Labute approximate surface area is 109 Å². The molecular formula is C14H13FN2O2. The van der Waals surface area contributed by atoms with Crippen molar-refractivity contribution in [1.82, 2.24) is 9.97 Å². The molecule has 0 spiro atoms. The van der Waals surface area contributed by atoms with Gasteiger partial charge in [-0.05, 0) is 31.0 Å². The lowest BCUT2D eigenvalue weighted by Gasteiger charge is -2.23. The van der Waals surface area contributed by atoms with E-state index in [1.807, 2.05) is 12.2 Å². The van der Waals surface area contributed by atoms with Crippen LogP contribution in [0.2, 0.25) is 0 Å². The van der Waals surface area contributed by atoms with Crippen molar-refractivity contribution in [2.75, 3.05) is 0 Å². The molecule has 1 aromatic heterocycles. The number of carboxylic acid groups (broad SMARTS) is 1. The van der Waals surface area contributed by atoms with Gasteiger partial charge in [-0.25, -0.2) is 9.37 Å². The van der Waals surface area contributed by atoms with Gasteiger partial charge < -0.3 is 10.1 Å². The van der Waals surface area contributed by atoms with Crippen molar-refractivity contribution in [3.63, 3.8) is 0 Å². The first kappa shape index (κ1) is 11.9. The fraction of sp³-hybridized carbons (Fsp3) is 0.286. The lowest BCUT2D eigenvalue weighted by Crippen LogP contribution is -2.24. The normalized spacial score (nSPS) is 22.8. The minimum Gasteiger partial charge on any atom is -0.481 e. The van der Waals surface area contributed by atoms with Crippen LogP contribution in [-0.4, -0.2) is 21.0 Å². The highest BCUT2D eigenvalue weighted by Gasteiger charge is 2.31. The number of imidazole rings is 1. The van der Waals surface area contributed by atoms with Crippen molar-refractivity contribution in [3.05, 3.63) is 42.0 Å². The first-order chi connectivity index (χ1) is 9.15. The molecule has 98 valence electrons. The molecule has 2 atom stereocenters. The van der Waals surface area contributed by atoms with Crippen LogP contribution in [0.4, 0.5) is 4.39 Å². The molecular weight excluding hydrogens is 247 g/mol. The molecule has 0 unspecified atom stereocenters. The summed E-state index contributed by atoms with van der Waals surface area (Å²) < 4.78 is 13.1. The number of aromatic amines is 1. The summed E-state index contributed by atoms with van der Waals surface area (Å²) in [6.07, 6.45) is 5.00. The first-order valence-electron chi connectivity index (χ1n) is 6.18. The van der Waals surface area contributed by atoms with E-state index in [0.29, 0.717) is 29.7 Å². The molecule has 0 amide bonds. The molecule has 19 heavy (non-hydrogen) atoms. The molecule has 1 heterocycles. The van der Waals surface area contributed by atoms with Gasteiger partial charge in [0.1, 0.15) is 11.6 Å². The zero-order valence-corrected chi connectivity index (χ0v) is 10.1. The predicted octanol–water partition coefficient (Wildman–Crippen LogP) is 2.84. The van der Waals surface area contributed by atoms with Crippen molar-refractivity contribution in [2.24, 2.45) is 5.92 Å². The van der Waals surface area contributed by atoms with E-state index in [2.05, 4.69) is 9.97 Å². The molecule has 2 N–H and O–H groups in total. The van der Waals surface area contributed by atoms with E-state index >= 15 is 0 Å². The van der Waals surface area contributed by atoms with E-state index < -0.39 is 11.9 Å². The third-order valence-corrected chi connectivity index (χ3v) is 3.56. The summed E-state index contributed by atoms with van der Waals surface area (Å²) in [5.74, 6) is -1.19. The molecule has 0 bridgehead atoms. The number of allylic oxidation sites excluding steroid dienone is 2. The van der Waals surface area contributed by atoms with Gasteiger partial charge in [-0.1, -0.05) is 12.2 Å². The van der Waals surface area contributed by atoms with Gasteiger partial charge in [0.15, 0.2) is 0 Å². The lowest BCUT2D eigenvalue weighted by atomic mass is 9.82. The monoisotopic (exact) mass is 260 g/mol. The number of rotatable bonds is 2. The van der Waals surface area contributed by atoms with Crippen LogP contribution in [-0.2, 0) is 4.79 Å². The Morgan fingerprint density at radius 3 is 2.95 bits per heavy atom. The second-order valence-electron chi connectivity index (χ2n) is 4.78. The van der Waals surface area contributed by atoms with E-state index in [0.717, 1.165) is 0 Å². The summed E-state index contributed by atoms with van der Waals surface area (Å²) in [6, 6.07) is 4.32. The summed E-state index contributed by atoms with van der Waals surface area (Å²) in [4.78, 5) is 18.7. The van der Waals surface area contributed by atoms with Crippen LogP contribution in [0.25, 0.3) is 11.0 Å². The number of carbonyl (C=O) groups is 1. The maximum Gasteiger partial charge on any atom is 0.307 e. The van der Waals surface area contributed by atoms with Crippen LogP contribution in [0.5, 0.6) is 0 Å². The van der Waals surface area contributed by atoms with Crippen molar-refractivity contribution >= 4 is 17.0 Å². The quantitative estimate of drug-likeness (QED) is 0.816. The van der Waals surface area contributed by atoms with Gasteiger partial charge in [0, 0.05) is 5.92 Å². The van der Waals surface area contributed by atoms with Crippen molar-refractivity contribution in [2.45, 2.75) is 18.8 Å². The SMILES string of the molecule is O=C(O)[C@H]1CC=CC[C@H]1c1nc2ccc(F)cc2[nH]1. The van der Waals surface area contributed by atoms with Gasteiger partial charge in [-0.2, -0.15) is 0 Å². The van der Waals surface area contributed by atoms with Crippen LogP contribution in [0, 0.1) is 11.7 Å². The summed E-state index contributed by atoms with van der Waals surface area (Å²) in [5.41, 5.74) is 1.27. The van der Waals surface area contributed by atoms with Crippen molar-refractivity contribution < 1.29 is 14.3 Å². The number of H-pyrrole nitrogens is 1. The van der Waals surface area contributed by atoms with E-state index in [-0.39, 0.29) is 11.7 Å². The third-order valence-electron chi connectivity index (χ3n) is 3.56. The van der Waals surface area contributed by atoms with Gasteiger partial charge >= 0.3 is 5.97 Å². The van der Waals surface area contributed by atoms with Crippen LogP contribution < -0.4 is 0 Å². The average Bonchev–Trinajstić information content (AvgIpc) is 2.81. The topological polar surface area (TPSA) is 66.0 Å². The molecule has 1 aromatic carbocycles. The Kier molecular flexibility index (Phi) is 2.81. The number of nitrogens with zero attached hydrogens (tertiary/aromatic N) is 1. The Balaban J connectivity index is 2.02. The second kappa shape index (κ2) is 4.50. The standard InChI is InChI=1S/C14H13FN2O2/c15-8-5-6-11-12(7-8)17-13(16-11)9-3-1-2-4-10(9)14(18)19/h1-2,5-7,9-10H,3-4H2,(H,16,17)(H,18,19)/t9-,10+/m1/s1. The van der Waals surface area contributed by atoms with Crippen LogP contribution in [0.3, 0.4) is 0 Å². The summed E-state index contributed by atoms with van der Waals surface area (Å²) in [7, 11) is 0. The minimum atomic E-state index is -0.819. The van der Waals surface area contributed by atoms with Crippen LogP contribution in [0.15, 0.2) is 30.4 Å². The molecule has 0 saturated carbocycles. The fourth-order valence-electron chi connectivity index (χ4n) is 2.57. The highest BCUT2D eigenvalue weighted by molar-refractivity contribution is 5.76. The highest BCUT2D eigenvalue weighted by Crippen LogP contribution is 2.34. The zero-order valence-electron chi connectivity index (χ0n) is 10.1. The minimum absolute atomic E-state index is 0.182. The predicted molar refractivity (Wildman–Crippen MR) is 68.3 cm³/mol. The molecule has 0 saturated heterocycles. The number of halogens is 1. The van der Waals surface area contributed by atoms with Crippen LogP contribution >= 0.6 is 0 Å². The molecule has 4 nitrogen and oxygen atoms in total. The smallest absolute Gasteiger partial charge is 0.307 e. The Morgan fingerprint density at radius 2 is 2.16 bits per heavy atom. The molecule has 0 fully saturated rings. The first-order valence-corrected chi connectivity index (χ1v) is 6.18. The maximum absolute atomic E-state index is 13.1. The Morgan fingerprint density at radius 1 is 1.37 bits per heavy atom. The van der Waals surface area contributed by atoms with Crippen molar-refractivity contribution in [1.29, 1.82) is 0 Å². The molecule has 1 aliphatic carbocycles. The largest absolute Gasteiger partial charge is 0.481 e. The fourth-order valence-corrected chi connectivity index (χ4v) is 2.57. The van der Waals surface area contributed by atoms with Gasteiger partial charge in [-0.15, -0.1) is 0 Å². The molecule has 0 radical (unpaired) electrons. The van der Waals surface area contributed by atoms with Gasteiger partial charge in [0.2, 0.25) is 0 Å². The number of nitrogens with one attached hydrogen (secondary N) is 1. The van der Waals surface area contributed by atoms with Crippen LogP contribution in [0.1, 0.15) is 24.6 Å². The summed E-state index contributed by atoms with van der Waals surface area (Å²) in [5, 5.41) is 9.25. The summed E-state index contributed by atoms with van der Waals surface area (Å²) in [6.45, 7) is 0. The van der Waals surface area contributed by atoms with Gasteiger partial charge in [0.25, 0.3) is 0 Å². The summed E-state index contributed by atoms with van der Waals surface area (Å²) >= 11 is 0. The molecule has 5 heteroatoms. The maximum atomic E-state index is 13.1. The molecule has 2 aromatic rings. The van der Waals surface area contributed by atoms with E-state index in [9.17, 15) is 14.3 Å². The molecule has 3 rings (SSSR count). The lowest BCUT2D eigenvalue weighted by molar-refractivity contribution is -0.142. The number of aliphatic carboxylic acids is 1. The van der Waals surface area contributed by atoms with E-state index in [1.165, 1.54) is 12.1 Å². The number of fused-ring (bicyclic) bond motifs is 1.